The zero-order valence-electron chi connectivity index (χ0n) is 18.6. The molecule has 0 spiro atoms. The zero-order valence-corrected chi connectivity index (χ0v) is 18.6. The summed E-state index contributed by atoms with van der Waals surface area (Å²) < 4.78 is 7.01. The number of aliphatic hydroxyl groups excluding tert-OH is 1. The van der Waals surface area contributed by atoms with E-state index in [-0.39, 0.29) is 6.61 Å². The van der Waals surface area contributed by atoms with Gasteiger partial charge in [-0.05, 0) is 42.5 Å². The molecule has 3 aromatic heterocycles. The molecule has 0 amide bonds. The number of nitrogens with zero attached hydrogens (tertiary/aromatic N) is 6. The molecule has 1 aromatic carbocycles. The summed E-state index contributed by atoms with van der Waals surface area (Å²) in [5, 5.41) is 17.1. The van der Waals surface area contributed by atoms with Gasteiger partial charge in [0.25, 0.3) is 0 Å². The highest BCUT2D eigenvalue weighted by Crippen LogP contribution is 2.24. The Morgan fingerprint density at radius 1 is 0.939 bits per heavy atom. The standard InChI is InChI=1S/C24H27N7O2/c1-33-23-9-2-18(16-25-23)22-8-7-21-17-26-24(28-31(21)22)27-19-3-5-20(6-4-19)30-12-10-29(11-13-30)14-15-32/h2-9,16-17,32H,10-15H2,1H3,(H,27,28). The van der Waals surface area contributed by atoms with E-state index in [0.717, 1.165) is 55.2 Å². The Bertz CT molecular complexity index is 1200. The molecule has 170 valence electrons. The van der Waals surface area contributed by atoms with Gasteiger partial charge in [-0.15, -0.1) is 5.10 Å². The van der Waals surface area contributed by atoms with Crippen LogP contribution in [-0.2, 0) is 0 Å². The topological polar surface area (TPSA) is 91.0 Å². The molecule has 1 fully saturated rings. The second-order valence-electron chi connectivity index (χ2n) is 7.95. The van der Waals surface area contributed by atoms with Crippen LogP contribution >= 0.6 is 0 Å². The van der Waals surface area contributed by atoms with E-state index in [1.807, 2.05) is 40.9 Å². The Morgan fingerprint density at radius 3 is 2.45 bits per heavy atom. The molecule has 4 aromatic rings. The zero-order chi connectivity index (χ0) is 22.6. The van der Waals surface area contributed by atoms with Gasteiger partial charge in [0.2, 0.25) is 11.8 Å². The number of aliphatic hydroxyl groups is 1. The summed E-state index contributed by atoms with van der Waals surface area (Å²) >= 11 is 0. The van der Waals surface area contributed by atoms with Gasteiger partial charge in [-0.25, -0.2) is 14.5 Å². The van der Waals surface area contributed by atoms with E-state index in [9.17, 15) is 0 Å². The molecule has 33 heavy (non-hydrogen) atoms. The van der Waals surface area contributed by atoms with Crippen LogP contribution < -0.4 is 15.0 Å². The molecule has 0 unspecified atom stereocenters. The molecule has 9 nitrogen and oxygen atoms in total. The maximum Gasteiger partial charge on any atom is 0.245 e. The summed E-state index contributed by atoms with van der Waals surface area (Å²) in [5.41, 5.74) is 4.91. The first-order chi connectivity index (χ1) is 16.2. The van der Waals surface area contributed by atoms with Crippen LogP contribution in [0.5, 0.6) is 5.88 Å². The first kappa shape index (κ1) is 21.2. The lowest BCUT2D eigenvalue weighted by atomic mass is 10.2. The fraction of sp³-hybridized carbons (Fsp3) is 0.292. The number of fused-ring (bicyclic) bond motifs is 1. The third kappa shape index (κ3) is 4.59. The van der Waals surface area contributed by atoms with E-state index in [0.29, 0.717) is 11.8 Å². The van der Waals surface area contributed by atoms with Crippen LogP contribution in [0.25, 0.3) is 16.8 Å². The average Bonchev–Trinajstić information content (AvgIpc) is 3.29. The Hall–Kier alpha value is -3.69. The molecule has 0 radical (unpaired) electrons. The Morgan fingerprint density at radius 2 is 1.76 bits per heavy atom. The van der Waals surface area contributed by atoms with Crippen molar-refractivity contribution >= 4 is 22.8 Å². The van der Waals surface area contributed by atoms with Gasteiger partial charge >= 0.3 is 0 Å². The van der Waals surface area contributed by atoms with Crippen molar-refractivity contribution in [3.63, 3.8) is 0 Å². The summed E-state index contributed by atoms with van der Waals surface area (Å²) in [6, 6.07) is 16.1. The first-order valence-electron chi connectivity index (χ1n) is 11.0. The summed E-state index contributed by atoms with van der Waals surface area (Å²) in [4.78, 5) is 13.4. The van der Waals surface area contributed by atoms with Crippen LogP contribution in [0.4, 0.5) is 17.3 Å². The number of pyridine rings is 1. The van der Waals surface area contributed by atoms with Gasteiger partial charge in [-0.1, -0.05) is 0 Å². The summed E-state index contributed by atoms with van der Waals surface area (Å²) in [5.74, 6) is 1.10. The number of ether oxygens (including phenoxy) is 1. The van der Waals surface area contributed by atoms with Crippen molar-refractivity contribution in [3.8, 4) is 17.1 Å². The minimum atomic E-state index is 0.218. The van der Waals surface area contributed by atoms with Gasteiger partial charge < -0.3 is 20.1 Å². The lowest BCUT2D eigenvalue weighted by molar-refractivity contribution is 0.189. The smallest absolute Gasteiger partial charge is 0.245 e. The van der Waals surface area contributed by atoms with Crippen LogP contribution in [0.1, 0.15) is 0 Å². The van der Waals surface area contributed by atoms with E-state index in [2.05, 4.69) is 42.3 Å². The summed E-state index contributed by atoms with van der Waals surface area (Å²) in [6.07, 6.45) is 3.58. The quantitative estimate of drug-likeness (QED) is 0.449. The normalized spacial score (nSPS) is 14.5. The lowest BCUT2D eigenvalue weighted by Crippen LogP contribution is -2.47. The fourth-order valence-corrected chi connectivity index (χ4v) is 4.09. The Kier molecular flexibility index (Phi) is 6.05. The predicted molar refractivity (Wildman–Crippen MR) is 128 cm³/mol. The number of hydrogen-bond donors (Lipinski definition) is 2. The van der Waals surface area contributed by atoms with Crippen molar-refractivity contribution in [2.24, 2.45) is 0 Å². The number of benzene rings is 1. The van der Waals surface area contributed by atoms with Gasteiger partial charge in [-0.2, -0.15) is 0 Å². The molecule has 1 saturated heterocycles. The number of rotatable bonds is 7. The van der Waals surface area contributed by atoms with E-state index >= 15 is 0 Å². The number of methoxy groups -OCH3 is 1. The van der Waals surface area contributed by atoms with Gasteiger partial charge in [0.1, 0.15) is 0 Å². The highest BCUT2D eigenvalue weighted by molar-refractivity contribution is 5.67. The van der Waals surface area contributed by atoms with Crippen molar-refractivity contribution in [2.75, 3.05) is 56.7 Å². The molecule has 2 N–H and O–H groups in total. The molecule has 4 heterocycles. The summed E-state index contributed by atoms with van der Waals surface area (Å²) in [6.45, 7) is 4.83. The SMILES string of the molecule is COc1ccc(-c2ccc3cnc(Nc4ccc(N5CCN(CCO)CC5)cc4)nn23)cn1. The highest BCUT2D eigenvalue weighted by atomic mass is 16.5. The van der Waals surface area contributed by atoms with Gasteiger partial charge in [0, 0.05) is 61.9 Å². The van der Waals surface area contributed by atoms with Gasteiger partial charge in [0.05, 0.1) is 31.1 Å². The van der Waals surface area contributed by atoms with Crippen LogP contribution in [0.2, 0.25) is 0 Å². The number of nitrogens with one attached hydrogen (secondary N) is 1. The molecule has 0 aliphatic carbocycles. The number of hydrogen-bond acceptors (Lipinski definition) is 8. The number of piperazine rings is 1. The minimum absolute atomic E-state index is 0.218. The lowest BCUT2D eigenvalue weighted by Gasteiger charge is -2.35. The van der Waals surface area contributed by atoms with E-state index in [1.54, 1.807) is 19.5 Å². The molecule has 1 aliphatic rings. The molecular formula is C24H27N7O2. The van der Waals surface area contributed by atoms with Crippen molar-refractivity contribution in [2.45, 2.75) is 0 Å². The third-order valence-electron chi connectivity index (χ3n) is 5.92. The van der Waals surface area contributed by atoms with Crippen molar-refractivity contribution in [3.05, 3.63) is 60.9 Å². The molecule has 0 saturated carbocycles. The Labute approximate surface area is 192 Å². The second-order valence-corrected chi connectivity index (χ2v) is 7.95. The average molecular weight is 446 g/mol. The highest BCUT2D eigenvalue weighted by Gasteiger charge is 2.16. The number of anilines is 3. The van der Waals surface area contributed by atoms with Gasteiger partial charge in [0.15, 0.2) is 0 Å². The van der Waals surface area contributed by atoms with Crippen LogP contribution in [-0.4, -0.2) is 76.0 Å². The van der Waals surface area contributed by atoms with Gasteiger partial charge in [-0.3, -0.25) is 4.90 Å². The molecule has 5 rings (SSSR count). The van der Waals surface area contributed by atoms with Crippen molar-refractivity contribution in [1.29, 1.82) is 0 Å². The van der Waals surface area contributed by atoms with Crippen molar-refractivity contribution in [1.82, 2.24) is 24.5 Å². The maximum atomic E-state index is 9.11. The molecule has 0 bridgehead atoms. The predicted octanol–water partition coefficient (Wildman–Crippen LogP) is 2.66. The molecule has 9 heteroatoms. The van der Waals surface area contributed by atoms with E-state index in [1.165, 1.54) is 5.69 Å². The van der Waals surface area contributed by atoms with Crippen molar-refractivity contribution < 1.29 is 9.84 Å². The Balaban J connectivity index is 1.30. The monoisotopic (exact) mass is 445 g/mol. The molecule has 1 aliphatic heterocycles. The fourth-order valence-electron chi connectivity index (χ4n) is 4.09. The largest absolute Gasteiger partial charge is 0.481 e. The molecule has 0 atom stereocenters. The maximum absolute atomic E-state index is 9.11. The van der Waals surface area contributed by atoms with Crippen LogP contribution in [0, 0.1) is 0 Å². The van der Waals surface area contributed by atoms with Crippen LogP contribution in [0.15, 0.2) is 60.9 Å². The summed E-state index contributed by atoms with van der Waals surface area (Å²) in [7, 11) is 1.60. The second kappa shape index (κ2) is 9.43. The van der Waals surface area contributed by atoms with E-state index < -0.39 is 0 Å². The minimum Gasteiger partial charge on any atom is -0.481 e. The van der Waals surface area contributed by atoms with Crippen LogP contribution in [0.3, 0.4) is 0 Å². The number of β-amino-alcohol motifs (C(OH)–C–C–N with tert-alkyl or cyclic N) is 1. The van der Waals surface area contributed by atoms with E-state index in [4.69, 9.17) is 9.84 Å². The molecular weight excluding hydrogens is 418 g/mol. The first-order valence-corrected chi connectivity index (χ1v) is 11.0. The third-order valence-corrected chi connectivity index (χ3v) is 5.92. The number of aromatic nitrogens is 4.